The van der Waals surface area contributed by atoms with Crippen molar-refractivity contribution in [3.05, 3.63) is 52.3 Å². The first-order valence-corrected chi connectivity index (χ1v) is 10.3. The van der Waals surface area contributed by atoms with E-state index in [1.54, 1.807) is 24.3 Å². The zero-order chi connectivity index (χ0) is 23.1. The lowest BCUT2D eigenvalue weighted by atomic mass is 10.2. The zero-order valence-corrected chi connectivity index (χ0v) is 18.6. The van der Waals surface area contributed by atoms with E-state index in [9.17, 15) is 18.8 Å². The molecule has 1 aliphatic carbocycles. The monoisotopic (exact) mass is 506 g/mol. The number of methoxy groups -OCH3 is 1. The number of carbonyl (C=O) groups excluding carboxylic acids is 3. The van der Waals surface area contributed by atoms with Gasteiger partial charge in [0.1, 0.15) is 5.82 Å². The molecule has 3 amide bonds. The molecule has 1 saturated carbocycles. The molecule has 3 rings (SSSR count). The van der Waals surface area contributed by atoms with Gasteiger partial charge in [-0.15, -0.1) is 0 Å². The summed E-state index contributed by atoms with van der Waals surface area (Å²) in [4.78, 5) is 35.3. The van der Waals surface area contributed by atoms with Gasteiger partial charge in [0.2, 0.25) is 0 Å². The van der Waals surface area contributed by atoms with Gasteiger partial charge in [0, 0.05) is 10.5 Å². The molecule has 2 aromatic carbocycles. The molecule has 3 N–H and O–H groups in total. The van der Waals surface area contributed by atoms with E-state index in [4.69, 9.17) is 9.47 Å². The number of amides is 3. The van der Waals surface area contributed by atoms with Crippen LogP contribution in [0.2, 0.25) is 0 Å². The Morgan fingerprint density at radius 3 is 2.62 bits per heavy atom. The highest BCUT2D eigenvalue weighted by Crippen LogP contribution is 2.27. The van der Waals surface area contributed by atoms with Crippen LogP contribution >= 0.6 is 15.9 Å². The van der Waals surface area contributed by atoms with Gasteiger partial charge in [-0.05, 0) is 54.8 Å². The van der Waals surface area contributed by atoms with Crippen molar-refractivity contribution in [3.8, 4) is 11.5 Å². The fourth-order valence-corrected chi connectivity index (χ4v) is 2.83. The molecule has 0 radical (unpaired) electrons. The van der Waals surface area contributed by atoms with E-state index >= 15 is 0 Å². The van der Waals surface area contributed by atoms with E-state index in [0.29, 0.717) is 15.8 Å². The molecule has 0 atom stereocenters. The van der Waals surface area contributed by atoms with Gasteiger partial charge in [0.05, 0.1) is 19.0 Å². The molecule has 0 saturated heterocycles. The Bertz CT molecular complexity index is 1060. The van der Waals surface area contributed by atoms with Crippen LogP contribution < -0.4 is 25.5 Å². The van der Waals surface area contributed by atoms with Crippen molar-refractivity contribution in [2.75, 3.05) is 19.0 Å². The van der Waals surface area contributed by atoms with Crippen LogP contribution in [0.1, 0.15) is 18.4 Å². The number of anilines is 1. The standard InChI is InChI=1S/C21H20BrFN4O5/c1-31-18-8-12(10-24-27-21(30)20(29)25-14-4-5-14)2-7-17(18)32-11-19(28)26-16-6-3-13(22)9-15(16)23/h2-3,6-10,14H,4-5,11H2,1H3,(H,25,29)(H,26,28)(H,27,30)/b24-10-. The number of hydrazone groups is 1. The summed E-state index contributed by atoms with van der Waals surface area (Å²) in [7, 11) is 1.42. The molecule has 0 unspecified atom stereocenters. The highest BCUT2D eigenvalue weighted by atomic mass is 79.9. The SMILES string of the molecule is COc1cc(/C=N\NC(=O)C(=O)NC2CC2)ccc1OCC(=O)Nc1ccc(Br)cc1F. The van der Waals surface area contributed by atoms with Gasteiger partial charge in [-0.3, -0.25) is 14.4 Å². The van der Waals surface area contributed by atoms with Crippen LogP contribution in [-0.2, 0) is 14.4 Å². The largest absolute Gasteiger partial charge is 0.493 e. The van der Waals surface area contributed by atoms with Crippen molar-refractivity contribution in [2.45, 2.75) is 18.9 Å². The van der Waals surface area contributed by atoms with Crippen molar-refractivity contribution in [3.63, 3.8) is 0 Å². The number of rotatable bonds is 8. The topological polar surface area (TPSA) is 118 Å². The number of benzene rings is 2. The Balaban J connectivity index is 1.53. The van der Waals surface area contributed by atoms with Gasteiger partial charge < -0.3 is 20.1 Å². The maximum atomic E-state index is 13.8. The number of halogens is 2. The van der Waals surface area contributed by atoms with Crippen LogP contribution in [0.4, 0.5) is 10.1 Å². The number of nitrogens with one attached hydrogen (secondary N) is 3. The van der Waals surface area contributed by atoms with Gasteiger partial charge >= 0.3 is 11.8 Å². The highest BCUT2D eigenvalue weighted by molar-refractivity contribution is 9.10. The fourth-order valence-electron chi connectivity index (χ4n) is 2.50. The maximum absolute atomic E-state index is 13.8. The number of hydrogen-bond acceptors (Lipinski definition) is 6. The van der Waals surface area contributed by atoms with Crippen molar-refractivity contribution in [1.82, 2.24) is 10.7 Å². The Kier molecular flexibility index (Phi) is 7.77. The summed E-state index contributed by atoms with van der Waals surface area (Å²) in [5.74, 6) is -2.11. The van der Waals surface area contributed by atoms with Crippen LogP contribution in [0.15, 0.2) is 46.0 Å². The van der Waals surface area contributed by atoms with Crippen molar-refractivity contribution >= 4 is 45.6 Å². The van der Waals surface area contributed by atoms with Crippen molar-refractivity contribution in [2.24, 2.45) is 5.10 Å². The summed E-state index contributed by atoms with van der Waals surface area (Å²) in [6.45, 7) is -0.370. The first-order chi connectivity index (χ1) is 15.4. The molecule has 0 aromatic heterocycles. The third kappa shape index (κ3) is 6.77. The number of nitrogens with zero attached hydrogens (tertiary/aromatic N) is 1. The number of hydrogen-bond donors (Lipinski definition) is 3. The molecule has 168 valence electrons. The zero-order valence-electron chi connectivity index (χ0n) is 17.0. The minimum Gasteiger partial charge on any atom is -0.493 e. The first-order valence-electron chi connectivity index (χ1n) is 9.55. The third-order valence-corrected chi connectivity index (χ3v) is 4.74. The predicted octanol–water partition coefficient (Wildman–Crippen LogP) is 2.34. The summed E-state index contributed by atoms with van der Waals surface area (Å²) in [6, 6.07) is 9.08. The molecular weight excluding hydrogens is 487 g/mol. The molecule has 0 aliphatic heterocycles. The van der Waals surface area contributed by atoms with Crippen LogP contribution in [0.5, 0.6) is 11.5 Å². The second-order valence-electron chi connectivity index (χ2n) is 6.82. The Hall–Kier alpha value is -3.47. The summed E-state index contributed by atoms with van der Waals surface area (Å²) in [5.41, 5.74) is 2.74. The van der Waals surface area contributed by atoms with Gasteiger partial charge in [0.15, 0.2) is 18.1 Å². The van der Waals surface area contributed by atoms with E-state index < -0.39 is 23.5 Å². The van der Waals surface area contributed by atoms with Crippen molar-refractivity contribution in [1.29, 1.82) is 0 Å². The minimum atomic E-state index is -0.853. The normalized spacial score (nSPS) is 12.8. The van der Waals surface area contributed by atoms with Gasteiger partial charge in [-0.25, -0.2) is 9.82 Å². The highest BCUT2D eigenvalue weighted by Gasteiger charge is 2.26. The molecule has 2 aromatic rings. The van der Waals surface area contributed by atoms with E-state index in [2.05, 4.69) is 37.1 Å². The molecule has 0 spiro atoms. The molecule has 0 bridgehead atoms. The Labute approximate surface area is 191 Å². The van der Waals surface area contributed by atoms with E-state index in [1.807, 2.05) is 0 Å². The van der Waals surface area contributed by atoms with E-state index in [1.165, 1.54) is 25.5 Å². The third-order valence-electron chi connectivity index (χ3n) is 4.25. The van der Waals surface area contributed by atoms with Crippen LogP contribution in [0.25, 0.3) is 0 Å². The minimum absolute atomic E-state index is 0.0354. The smallest absolute Gasteiger partial charge is 0.329 e. The fraction of sp³-hybridized carbons (Fsp3) is 0.238. The average Bonchev–Trinajstić information content (AvgIpc) is 3.58. The second-order valence-corrected chi connectivity index (χ2v) is 7.73. The van der Waals surface area contributed by atoms with Gasteiger partial charge in [0.25, 0.3) is 5.91 Å². The number of ether oxygens (including phenoxy) is 2. The lowest BCUT2D eigenvalue weighted by Gasteiger charge is -2.12. The Morgan fingerprint density at radius 1 is 1.16 bits per heavy atom. The molecule has 0 heterocycles. The summed E-state index contributed by atoms with van der Waals surface area (Å²) in [5, 5.41) is 8.73. The van der Waals surface area contributed by atoms with Crippen LogP contribution in [-0.4, -0.2) is 43.7 Å². The predicted molar refractivity (Wildman–Crippen MR) is 118 cm³/mol. The van der Waals surface area contributed by atoms with Gasteiger partial charge in [-0.2, -0.15) is 5.10 Å². The molecule has 1 fully saturated rings. The molecule has 32 heavy (non-hydrogen) atoms. The summed E-state index contributed by atoms with van der Waals surface area (Å²) < 4.78 is 25.1. The quantitative estimate of drug-likeness (QED) is 0.288. The summed E-state index contributed by atoms with van der Waals surface area (Å²) in [6.07, 6.45) is 3.08. The summed E-state index contributed by atoms with van der Waals surface area (Å²) >= 11 is 3.15. The molecule has 1 aliphatic rings. The Morgan fingerprint density at radius 2 is 1.94 bits per heavy atom. The van der Waals surface area contributed by atoms with Crippen LogP contribution in [0.3, 0.4) is 0 Å². The lowest BCUT2D eigenvalue weighted by molar-refractivity contribution is -0.139. The molecular formula is C21H20BrFN4O5. The molecule has 11 heteroatoms. The van der Waals surface area contributed by atoms with Crippen LogP contribution in [0, 0.1) is 5.82 Å². The maximum Gasteiger partial charge on any atom is 0.329 e. The van der Waals surface area contributed by atoms with E-state index in [0.717, 1.165) is 12.8 Å². The number of carbonyl (C=O) groups is 3. The first kappa shape index (κ1) is 23.2. The lowest BCUT2D eigenvalue weighted by Crippen LogP contribution is -2.38. The van der Waals surface area contributed by atoms with Gasteiger partial charge in [-0.1, -0.05) is 15.9 Å². The van der Waals surface area contributed by atoms with E-state index in [-0.39, 0.29) is 24.1 Å². The second kappa shape index (κ2) is 10.7. The molecule has 9 nitrogen and oxygen atoms in total. The average molecular weight is 507 g/mol. The van der Waals surface area contributed by atoms with Crippen molar-refractivity contribution < 1.29 is 28.2 Å².